The van der Waals surface area contributed by atoms with Gasteiger partial charge in [-0.05, 0) is 49.8 Å². The summed E-state index contributed by atoms with van der Waals surface area (Å²) in [5, 5.41) is 2.83. The minimum Gasteiger partial charge on any atom is -0.352 e. The summed E-state index contributed by atoms with van der Waals surface area (Å²) >= 11 is 0. The van der Waals surface area contributed by atoms with Crippen molar-refractivity contribution in [2.75, 3.05) is 13.1 Å². The van der Waals surface area contributed by atoms with E-state index in [2.05, 4.69) is 11.9 Å². The third-order valence-electron chi connectivity index (χ3n) is 5.15. The second-order valence-corrected chi connectivity index (χ2v) is 7.10. The topological polar surface area (TPSA) is 49.4 Å². The van der Waals surface area contributed by atoms with Crippen molar-refractivity contribution >= 4 is 11.8 Å². The van der Waals surface area contributed by atoms with E-state index < -0.39 is 0 Å². The van der Waals surface area contributed by atoms with E-state index in [1.54, 1.807) is 19.1 Å². The Balaban J connectivity index is 1.80. The molecule has 2 atom stereocenters. The average Bonchev–Trinajstić information content (AvgIpc) is 3.46. The number of aryl methyl sites for hydroxylation is 1. The van der Waals surface area contributed by atoms with Gasteiger partial charge in [0, 0.05) is 19.0 Å². The number of piperidine rings is 1. The molecule has 0 aromatic heterocycles. The first-order valence-corrected chi connectivity index (χ1v) is 8.96. The van der Waals surface area contributed by atoms with Crippen molar-refractivity contribution in [2.45, 2.75) is 38.6 Å². The van der Waals surface area contributed by atoms with Gasteiger partial charge in [0.2, 0.25) is 11.8 Å². The third-order valence-corrected chi connectivity index (χ3v) is 5.15. The van der Waals surface area contributed by atoms with E-state index in [0.717, 1.165) is 31.2 Å². The lowest BCUT2D eigenvalue weighted by Gasteiger charge is -2.40. The van der Waals surface area contributed by atoms with E-state index in [-0.39, 0.29) is 35.5 Å². The molecular weight excluding hydrogens is 319 g/mol. The Labute approximate surface area is 148 Å². The van der Waals surface area contributed by atoms with Crippen molar-refractivity contribution in [3.63, 3.8) is 0 Å². The van der Waals surface area contributed by atoms with Crippen molar-refractivity contribution in [2.24, 2.45) is 11.8 Å². The molecule has 1 N–H and O–H groups in total. The monoisotopic (exact) mass is 344 g/mol. The maximum Gasteiger partial charge on any atom is 0.226 e. The van der Waals surface area contributed by atoms with Crippen LogP contribution in [0.5, 0.6) is 0 Å². The molecule has 2 amide bonds. The normalized spacial score (nSPS) is 23.2. The van der Waals surface area contributed by atoms with Crippen LogP contribution in [0.3, 0.4) is 0 Å². The first kappa shape index (κ1) is 17.6. The Morgan fingerprint density at radius 2 is 2.00 bits per heavy atom. The van der Waals surface area contributed by atoms with Gasteiger partial charge in [-0.15, -0.1) is 6.58 Å². The third kappa shape index (κ3) is 3.91. The smallest absolute Gasteiger partial charge is 0.226 e. The number of likely N-dealkylation sites (tertiary alicyclic amines) is 1. The number of rotatable bonds is 5. The number of carbonyl (C=O) groups is 2. The lowest BCUT2D eigenvalue weighted by atomic mass is 9.87. The SMILES string of the molecule is C=CCNC(=O)C1CCC(c2ccc(F)c(C)c2)N(C(=O)C2CC2)C1. The molecule has 0 radical (unpaired) electrons. The molecule has 4 nitrogen and oxygen atoms in total. The van der Waals surface area contributed by atoms with Crippen LogP contribution < -0.4 is 5.32 Å². The van der Waals surface area contributed by atoms with Crippen molar-refractivity contribution in [3.05, 3.63) is 47.8 Å². The summed E-state index contributed by atoms with van der Waals surface area (Å²) in [7, 11) is 0. The summed E-state index contributed by atoms with van der Waals surface area (Å²) in [4.78, 5) is 26.9. The summed E-state index contributed by atoms with van der Waals surface area (Å²) in [5.74, 6) is -0.226. The molecule has 2 fully saturated rings. The first-order valence-electron chi connectivity index (χ1n) is 8.96. The highest BCUT2D eigenvalue weighted by molar-refractivity contribution is 5.84. The van der Waals surface area contributed by atoms with Crippen LogP contribution in [0, 0.1) is 24.6 Å². The number of benzene rings is 1. The summed E-state index contributed by atoms with van der Waals surface area (Å²) in [6.45, 7) is 6.21. The van der Waals surface area contributed by atoms with E-state index in [1.165, 1.54) is 6.07 Å². The summed E-state index contributed by atoms with van der Waals surface area (Å²) in [5.41, 5.74) is 1.54. The second-order valence-electron chi connectivity index (χ2n) is 7.10. The Morgan fingerprint density at radius 1 is 1.28 bits per heavy atom. The molecule has 1 aromatic rings. The Morgan fingerprint density at radius 3 is 2.64 bits per heavy atom. The molecule has 1 aliphatic carbocycles. The highest BCUT2D eigenvalue weighted by Gasteiger charge is 2.41. The minimum absolute atomic E-state index is 0.0257. The molecule has 25 heavy (non-hydrogen) atoms. The summed E-state index contributed by atoms with van der Waals surface area (Å²) in [6.07, 6.45) is 4.95. The molecule has 1 saturated carbocycles. The summed E-state index contributed by atoms with van der Waals surface area (Å²) in [6, 6.07) is 4.98. The van der Waals surface area contributed by atoms with Gasteiger partial charge in [0.15, 0.2) is 0 Å². The van der Waals surface area contributed by atoms with Crippen LogP contribution in [0.2, 0.25) is 0 Å². The molecule has 1 heterocycles. The number of hydrogen-bond donors (Lipinski definition) is 1. The number of nitrogens with one attached hydrogen (secondary N) is 1. The minimum atomic E-state index is -0.235. The lowest BCUT2D eigenvalue weighted by Crippen LogP contribution is -2.47. The van der Waals surface area contributed by atoms with Gasteiger partial charge < -0.3 is 10.2 Å². The molecule has 5 heteroatoms. The molecule has 1 aromatic carbocycles. The van der Waals surface area contributed by atoms with Crippen molar-refractivity contribution in [1.29, 1.82) is 0 Å². The molecule has 2 unspecified atom stereocenters. The zero-order chi connectivity index (χ0) is 18.0. The van der Waals surface area contributed by atoms with Crippen LogP contribution in [-0.2, 0) is 9.59 Å². The van der Waals surface area contributed by atoms with E-state index in [1.807, 2.05) is 11.0 Å². The largest absolute Gasteiger partial charge is 0.352 e. The molecule has 1 aliphatic heterocycles. The Kier molecular flexibility index (Phi) is 5.21. The van der Waals surface area contributed by atoms with Gasteiger partial charge in [0.25, 0.3) is 0 Å². The van der Waals surface area contributed by atoms with Gasteiger partial charge in [-0.2, -0.15) is 0 Å². The zero-order valence-electron chi connectivity index (χ0n) is 14.6. The number of halogens is 1. The molecular formula is C20H25FN2O2. The van der Waals surface area contributed by atoms with Crippen molar-refractivity contribution < 1.29 is 14.0 Å². The Hall–Kier alpha value is -2.17. The predicted molar refractivity (Wildman–Crippen MR) is 94.2 cm³/mol. The lowest BCUT2D eigenvalue weighted by molar-refractivity contribution is -0.140. The molecule has 1 saturated heterocycles. The average molecular weight is 344 g/mol. The van der Waals surface area contributed by atoms with Gasteiger partial charge in [-0.25, -0.2) is 4.39 Å². The fraction of sp³-hybridized carbons (Fsp3) is 0.500. The number of hydrogen-bond acceptors (Lipinski definition) is 2. The molecule has 3 rings (SSSR count). The summed E-state index contributed by atoms with van der Waals surface area (Å²) < 4.78 is 13.6. The quantitative estimate of drug-likeness (QED) is 0.835. The molecule has 0 bridgehead atoms. The van der Waals surface area contributed by atoms with Crippen LogP contribution in [0.25, 0.3) is 0 Å². The molecule has 0 spiro atoms. The fourth-order valence-corrected chi connectivity index (χ4v) is 3.53. The van der Waals surface area contributed by atoms with Crippen LogP contribution in [0.15, 0.2) is 30.9 Å². The molecule has 2 aliphatic rings. The van der Waals surface area contributed by atoms with Crippen molar-refractivity contribution in [1.82, 2.24) is 10.2 Å². The highest BCUT2D eigenvalue weighted by Crippen LogP contribution is 2.39. The predicted octanol–water partition coefficient (Wildman–Crippen LogP) is 3.13. The standard InChI is InChI=1S/C20H25FN2O2/c1-3-10-22-19(24)16-7-9-18(15-6-8-17(21)13(2)11-15)23(12-16)20(25)14-4-5-14/h3,6,8,11,14,16,18H,1,4-5,7,9-10,12H2,2H3,(H,22,24). The van der Waals surface area contributed by atoms with E-state index in [4.69, 9.17) is 0 Å². The van der Waals surface area contributed by atoms with E-state index in [9.17, 15) is 14.0 Å². The second kappa shape index (κ2) is 7.38. The van der Waals surface area contributed by atoms with E-state index >= 15 is 0 Å². The number of nitrogens with zero attached hydrogens (tertiary/aromatic N) is 1. The van der Waals surface area contributed by atoms with Crippen LogP contribution in [0.4, 0.5) is 4.39 Å². The number of amides is 2. The van der Waals surface area contributed by atoms with Gasteiger partial charge in [-0.1, -0.05) is 18.2 Å². The van der Waals surface area contributed by atoms with Gasteiger partial charge in [-0.3, -0.25) is 9.59 Å². The van der Waals surface area contributed by atoms with Crippen LogP contribution in [0.1, 0.15) is 42.9 Å². The maximum atomic E-state index is 13.6. The van der Waals surface area contributed by atoms with Gasteiger partial charge >= 0.3 is 0 Å². The highest BCUT2D eigenvalue weighted by atomic mass is 19.1. The first-order chi connectivity index (χ1) is 12.0. The zero-order valence-corrected chi connectivity index (χ0v) is 14.6. The van der Waals surface area contributed by atoms with Crippen molar-refractivity contribution in [3.8, 4) is 0 Å². The van der Waals surface area contributed by atoms with E-state index in [0.29, 0.717) is 18.7 Å². The van der Waals surface area contributed by atoms with Crippen LogP contribution in [-0.4, -0.2) is 29.8 Å². The Bertz CT molecular complexity index is 684. The maximum absolute atomic E-state index is 13.6. The van der Waals surface area contributed by atoms with Gasteiger partial charge in [0.1, 0.15) is 5.82 Å². The fourth-order valence-electron chi connectivity index (χ4n) is 3.53. The van der Waals surface area contributed by atoms with Crippen LogP contribution >= 0.6 is 0 Å². The molecule has 134 valence electrons. The number of carbonyl (C=O) groups excluding carboxylic acids is 2. The van der Waals surface area contributed by atoms with Gasteiger partial charge in [0.05, 0.1) is 12.0 Å².